The third-order valence-electron chi connectivity index (χ3n) is 4.81. The minimum absolute atomic E-state index is 0.161. The van der Waals surface area contributed by atoms with E-state index in [1.807, 2.05) is 27.7 Å². The first-order valence-electron chi connectivity index (χ1n) is 10.2. The maximum Gasteiger partial charge on any atom is 0.352 e. The van der Waals surface area contributed by atoms with E-state index in [2.05, 4.69) is 10.3 Å². The standard InChI is InChI=1S/C21H36N2O4/c1-14(2)11-17(22-19(24)12-15(3)4)20(25)23-18(21(26)27-5)13-16-9-7-6-8-10-16/h14-17H,6-13H2,1-5H3,(H,22,24)/t17-/m0/s1. The Morgan fingerprint density at radius 2 is 1.67 bits per heavy atom. The van der Waals surface area contributed by atoms with Gasteiger partial charge in [0, 0.05) is 6.42 Å². The van der Waals surface area contributed by atoms with Crippen LogP contribution in [0, 0.1) is 17.8 Å². The van der Waals surface area contributed by atoms with Crippen LogP contribution in [0.5, 0.6) is 0 Å². The number of amides is 2. The average Bonchev–Trinajstić information content (AvgIpc) is 2.59. The number of ether oxygens (including phenoxy) is 1. The molecule has 0 heterocycles. The lowest BCUT2D eigenvalue weighted by atomic mass is 9.85. The average molecular weight is 381 g/mol. The second kappa shape index (κ2) is 11.9. The fraction of sp³-hybridized carbons (Fsp3) is 0.810. The summed E-state index contributed by atoms with van der Waals surface area (Å²) in [6.07, 6.45) is 6.92. The summed E-state index contributed by atoms with van der Waals surface area (Å²) in [6, 6.07) is -0.706. The molecule has 0 saturated heterocycles. The van der Waals surface area contributed by atoms with Gasteiger partial charge in [0.15, 0.2) is 0 Å². The summed E-state index contributed by atoms with van der Waals surface area (Å²) in [5, 5.41) is 2.80. The third kappa shape index (κ3) is 9.16. The number of esters is 1. The van der Waals surface area contributed by atoms with Gasteiger partial charge in [-0.25, -0.2) is 9.79 Å². The van der Waals surface area contributed by atoms with Crippen LogP contribution in [0.3, 0.4) is 0 Å². The van der Waals surface area contributed by atoms with Crippen molar-refractivity contribution >= 4 is 23.5 Å². The number of rotatable bonds is 9. The molecule has 0 aromatic heterocycles. The lowest BCUT2D eigenvalue weighted by molar-refractivity contribution is -0.133. The molecule has 0 radical (unpaired) electrons. The molecule has 154 valence electrons. The Balaban J connectivity index is 2.91. The lowest BCUT2D eigenvalue weighted by Crippen LogP contribution is -2.42. The van der Waals surface area contributed by atoms with E-state index < -0.39 is 17.9 Å². The van der Waals surface area contributed by atoms with Crippen LogP contribution in [0.2, 0.25) is 0 Å². The highest BCUT2D eigenvalue weighted by atomic mass is 16.5. The van der Waals surface area contributed by atoms with Crippen molar-refractivity contribution in [3.05, 3.63) is 0 Å². The van der Waals surface area contributed by atoms with E-state index >= 15 is 0 Å². The summed E-state index contributed by atoms with van der Waals surface area (Å²) in [7, 11) is 1.30. The molecule has 6 nitrogen and oxygen atoms in total. The first-order valence-corrected chi connectivity index (χ1v) is 10.2. The molecule has 1 atom stereocenters. The van der Waals surface area contributed by atoms with Crippen LogP contribution in [0.25, 0.3) is 0 Å². The molecule has 1 fully saturated rings. The van der Waals surface area contributed by atoms with Crippen LogP contribution in [0.4, 0.5) is 0 Å². The fourth-order valence-corrected chi connectivity index (χ4v) is 3.48. The van der Waals surface area contributed by atoms with Crippen LogP contribution in [-0.2, 0) is 19.1 Å². The smallest absolute Gasteiger partial charge is 0.352 e. The molecule has 0 bridgehead atoms. The normalized spacial score (nSPS) is 17.1. The van der Waals surface area contributed by atoms with E-state index in [-0.39, 0.29) is 23.5 Å². The number of carbonyl (C=O) groups excluding carboxylic acids is 3. The van der Waals surface area contributed by atoms with Crippen molar-refractivity contribution in [2.45, 2.75) is 85.1 Å². The van der Waals surface area contributed by atoms with Crippen molar-refractivity contribution in [3.63, 3.8) is 0 Å². The Kier molecular flexibility index (Phi) is 10.3. The van der Waals surface area contributed by atoms with Gasteiger partial charge >= 0.3 is 5.97 Å². The van der Waals surface area contributed by atoms with Crippen molar-refractivity contribution in [3.8, 4) is 0 Å². The van der Waals surface area contributed by atoms with Crippen molar-refractivity contribution in [1.29, 1.82) is 0 Å². The summed E-state index contributed by atoms with van der Waals surface area (Å²) < 4.78 is 4.84. The van der Waals surface area contributed by atoms with E-state index in [0.717, 1.165) is 25.7 Å². The molecule has 27 heavy (non-hydrogen) atoms. The van der Waals surface area contributed by atoms with Gasteiger partial charge in [-0.15, -0.1) is 0 Å². The minimum Gasteiger partial charge on any atom is -0.465 e. The number of nitrogens with one attached hydrogen (secondary N) is 1. The van der Waals surface area contributed by atoms with Gasteiger partial charge in [-0.2, -0.15) is 0 Å². The molecular weight excluding hydrogens is 344 g/mol. The van der Waals surface area contributed by atoms with Gasteiger partial charge in [0.25, 0.3) is 5.91 Å². The minimum atomic E-state index is -0.706. The Hall–Kier alpha value is -1.72. The molecule has 1 aliphatic carbocycles. The topological polar surface area (TPSA) is 84.8 Å². The van der Waals surface area contributed by atoms with E-state index in [1.165, 1.54) is 13.5 Å². The molecule has 1 rings (SSSR count). The summed E-state index contributed by atoms with van der Waals surface area (Å²) in [5.74, 6) is -0.383. The molecule has 1 aliphatic rings. The van der Waals surface area contributed by atoms with Gasteiger partial charge in [-0.05, 0) is 30.6 Å². The fourth-order valence-electron chi connectivity index (χ4n) is 3.48. The molecule has 0 aromatic carbocycles. The van der Waals surface area contributed by atoms with Gasteiger partial charge in [0.1, 0.15) is 11.8 Å². The van der Waals surface area contributed by atoms with Crippen LogP contribution in [0.15, 0.2) is 4.99 Å². The molecular formula is C21H36N2O4. The molecule has 6 heteroatoms. The third-order valence-corrected chi connectivity index (χ3v) is 4.81. The Labute approximate surface area is 163 Å². The number of aliphatic imine (C=N–C) groups is 1. The molecule has 1 saturated carbocycles. The van der Waals surface area contributed by atoms with E-state index in [1.54, 1.807) is 0 Å². The van der Waals surface area contributed by atoms with Gasteiger partial charge in [0.05, 0.1) is 7.11 Å². The quantitative estimate of drug-likeness (QED) is 0.488. The van der Waals surface area contributed by atoms with Crippen molar-refractivity contribution in [1.82, 2.24) is 5.32 Å². The number of nitrogens with zero attached hydrogens (tertiary/aromatic N) is 1. The highest BCUT2D eigenvalue weighted by molar-refractivity contribution is 6.38. The molecule has 0 aromatic rings. The molecule has 1 N–H and O–H groups in total. The van der Waals surface area contributed by atoms with E-state index in [4.69, 9.17) is 4.74 Å². The van der Waals surface area contributed by atoms with E-state index in [0.29, 0.717) is 25.2 Å². The Morgan fingerprint density at radius 3 is 2.19 bits per heavy atom. The van der Waals surface area contributed by atoms with Gasteiger partial charge < -0.3 is 10.1 Å². The summed E-state index contributed by atoms with van der Waals surface area (Å²) >= 11 is 0. The maximum absolute atomic E-state index is 12.8. The predicted octanol–water partition coefficient (Wildman–Crippen LogP) is 3.67. The number of methoxy groups -OCH3 is 1. The van der Waals surface area contributed by atoms with Crippen LogP contribution < -0.4 is 5.32 Å². The first kappa shape index (κ1) is 23.3. The zero-order chi connectivity index (χ0) is 20.4. The molecule has 0 spiro atoms. The zero-order valence-electron chi connectivity index (χ0n) is 17.5. The predicted molar refractivity (Wildman–Crippen MR) is 106 cm³/mol. The largest absolute Gasteiger partial charge is 0.465 e. The summed E-state index contributed by atoms with van der Waals surface area (Å²) in [5.41, 5.74) is 0.182. The highest BCUT2D eigenvalue weighted by Crippen LogP contribution is 2.27. The molecule has 0 unspecified atom stereocenters. The second-order valence-corrected chi connectivity index (χ2v) is 8.44. The second-order valence-electron chi connectivity index (χ2n) is 8.44. The lowest BCUT2D eigenvalue weighted by Gasteiger charge is -2.22. The number of hydrogen-bond donors (Lipinski definition) is 1. The summed E-state index contributed by atoms with van der Waals surface area (Å²) in [6.45, 7) is 7.89. The number of hydrogen-bond acceptors (Lipinski definition) is 4. The van der Waals surface area contributed by atoms with Gasteiger partial charge in [0.2, 0.25) is 5.91 Å². The van der Waals surface area contributed by atoms with Gasteiger partial charge in [-0.3, -0.25) is 9.59 Å². The van der Waals surface area contributed by atoms with Gasteiger partial charge in [-0.1, -0.05) is 59.8 Å². The van der Waals surface area contributed by atoms with Crippen molar-refractivity contribution in [2.75, 3.05) is 7.11 Å². The monoisotopic (exact) mass is 380 g/mol. The SMILES string of the molecule is COC(=O)C(CC1CCCCC1)=NC(=O)[C@H](CC(C)C)NC(=O)CC(C)C. The zero-order valence-corrected chi connectivity index (χ0v) is 17.5. The van der Waals surface area contributed by atoms with E-state index in [9.17, 15) is 14.4 Å². The maximum atomic E-state index is 12.8. The van der Waals surface area contributed by atoms with Crippen molar-refractivity contribution in [2.24, 2.45) is 22.7 Å². The molecule has 0 aliphatic heterocycles. The van der Waals surface area contributed by atoms with Crippen molar-refractivity contribution < 1.29 is 19.1 Å². The Morgan fingerprint density at radius 1 is 1.04 bits per heavy atom. The number of carbonyl (C=O) groups is 3. The molecule has 2 amide bonds. The van der Waals surface area contributed by atoms with Crippen LogP contribution in [-0.4, -0.2) is 36.6 Å². The Bertz CT molecular complexity index is 534. The van der Waals surface area contributed by atoms with Crippen LogP contribution >= 0.6 is 0 Å². The summed E-state index contributed by atoms with van der Waals surface area (Å²) in [4.78, 5) is 41.2. The highest BCUT2D eigenvalue weighted by Gasteiger charge is 2.26. The first-order chi connectivity index (χ1) is 12.7. The van der Waals surface area contributed by atoms with Crippen LogP contribution in [0.1, 0.15) is 79.1 Å².